The van der Waals surface area contributed by atoms with Crippen molar-refractivity contribution in [2.75, 3.05) is 24.7 Å². The average Bonchev–Trinajstić information content (AvgIpc) is 2.78. The molecule has 1 aliphatic carbocycles. The van der Waals surface area contributed by atoms with E-state index in [-0.39, 0.29) is 27.9 Å². The summed E-state index contributed by atoms with van der Waals surface area (Å²) in [5, 5.41) is 2.49. The highest BCUT2D eigenvalue weighted by atomic mass is 32.2. The van der Waals surface area contributed by atoms with E-state index in [0.29, 0.717) is 0 Å². The number of esters is 1. The molecule has 1 aliphatic rings. The molecule has 172 valence electrons. The van der Waals surface area contributed by atoms with Gasteiger partial charge in [0.2, 0.25) is 10.0 Å². The number of nitrogens with one attached hydrogen (secondary N) is 1. The van der Waals surface area contributed by atoms with Crippen LogP contribution >= 0.6 is 0 Å². The molecule has 8 nitrogen and oxygen atoms in total. The number of amides is 1. The number of hydrogen-bond donors (Lipinski definition) is 2. The second-order valence-electron chi connectivity index (χ2n) is 7.67. The average molecular weight is 464 g/mol. The zero-order chi connectivity index (χ0) is 23.3. The molecule has 1 amide bonds. The van der Waals surface area contributed by atoms with Crippen molar-refractivity contribution in [3.8, 4) is 0 Å². The lowest BCUT2D eigenvalue weighted by Crippen LogP contribution is -2.38. The zero-order valence-corrected chi connectivity index (χ0v) is 18.5. The van der Waals surface area contributed by atoms with Crippen molar-refractivity contribution in [1.29, 1.82) is 0 Å². The molecule has 2 aromatic rings. The van der Waals surface area contributed by atoms with Crippen molar-refractivity contribution < 1.29 is 27.1 Å². The zero-order valence-electron chi connectivity index (χ0n) is 17.7. The van der Waals surface area contributed by atoms with Crippen molar-refractivity contribution in [1.82, 2.24) is 4.31 Å². The van der Waals surface area contributed by atoms with Crippen molar-refractivity contribution in [3.63, 3.8) is 0 Å². The Bertz CT molecular complexity index is 1100. The highest BCUT2D eigenvalue weighted by Crippen LogP contribution is 2.29. The highest BCUT2D eigenvalue weighted by Gasteiger charge is 2.31. The lowest BCUT2D eigenvalue weighted by atomic mass is 9.96. The molecule has 2 aromatic carbocycles. The number of para-hydroxylation sites is 1. The maximum absolute atomic E-state index is 13.2. The van der Waals surface area contributed by atoms with Crippen molar-refractivity contribution in [2.45, 2.75) is 43.0 Å². The molecule has 10 heteroatoms. The van der Waals surface area contributed by atoms with E-state index in [1.165, 1.54) is 16.4 Å². The third kappa shape index (κ3) is 5.43. The first-order valence-corrected chi connectivity index (χ1v) is 11.7. The second kappa shape index (κ2) is 10.1. The van der Waals surface area contributed by atoms with Crippen LogP contribution in [-0.2, 0) is 19.6 Å². The van der Waals surface area contributed by atoms with Crippen LogP contribution in [0.15, 0.2) is 47.4 Å². The monoisotopic (exact) mass is 463 g/mol. The maximum atomic E-state index is 13.2. The largest absolute Gasteiger partial charge is 0.452 e. The number of halogens is 1. The van der Waals surface area contributed by atoms with Gasteiger partial charge in [-0.15, -0.1) is 0 Å². The Morgan fingerprint density at radius 3 is 2.53 bits per heavy atom. The lowest BCUT2D eigenvalue weighted by Gasteiger charge is -2.30. The van der Waals surface area contributed by atoms with Gasteiger partial charge in [0.05, 0.1) is 11.3 Å². The summed E-state index contributed by atoms with van der Waals surface area (Å²) in [6.45, 7) is -0.664. The third-order valence-corrected chi connectivity index (χ3v) is 7.44. The number of carbonyl (C=O) groups is 2. The number of rotatable bonds is 7. The van der Waals surface area contributed by atoms with Crippen LogP contribution < -0.4 is 11.1 Å². The Labute approximate surface area is 186 Å². The Kier molecular flexibility index (Phi) is 7.47. The topological polar surface area (TPSA) is 119 Å². The van der Waals surface area contributed by atoms with Crippen molar-refractivity contribution >= 4 is 33.3 Å². The fraction of sp³-hybridized carbons (Fsp3) is 0.364. The molecular formula is C22H26FN3O5S. The van der Waals surface area contributed by atoms with E-state index in [0.717, 1.165) is 50.3 Å². The molecular weight excluding hydrogens is 437 g/mol. The SMILES string of the molecule is CN(C1CCCCC1)S(=O)(=O)c1ccccc1NC(=O)COC(=O)c1ccc(F)cc1N. The molecule has 0 aromatic heterocycles. The van der Waals surface area contributed by atoms with Crippen LogP contribution in [0.2, 0.25) is 0 Å². The van der Waals surface area contributed by atoms with E-state index in [4.69, 9.17) is 10.5 Å². The maximum Gasteiger partial charge on any atom is 0.340 e. The van der Waals surface area contributed by atoms with E-state index in [9.17, 15) is 22.4 Å². The predicted molar refractivity (Wildman–Crippen MR) is 118 cm³/mol. The third-order valence-electron chi connectivity index (χ3n) is 5.47. The second-order valence-corrected chi connectivity index (χ2v) is 9.63. The summed E-state index contributed by atoms with van der Waals surface area (Å²) in [5.74, 6) is -2.22. The molecule has 0 saturated heterocycles. The number of benzene rings is 2. The summed E-state index contributed by atoms with van der Waals surface area (Å²) in [5.41, 5.74) is 5.51. The van der Waals surface area contributed by atoms with Crippen LogP contribution in [0.1, 0.15) is 42.5 Å². The highest BCUT2D eigenvalue weighted by molar-refractivity contribution is 7.89. The molecule has 0 spiro atoms. The van der Waals surface area contributed by atoms with Crippen molar-refractivity contribution in [2.24, 2.45) is 0 Å². The number of ether oxygens (including phenoxy) is 1. The van der Waals surface area contributed by atoms with Crippen LogP contribution in [0.4, 0.5) is 15.8 Å². The molecule has 0 unspecified atom stereocenters. The van der Waals surface area contributed by atoms with Crippen LogP contribution in [0, 0.1) is 5.82 Å². The number of nitrogens with two attached hydrogens (primary N) is 1. The summed E-state index contributed by atoms with van der Waals surface area (Å²) in [4.78, 5) is 24.4. The Morgan fingerprint density at radius 2 is 1.84 bits per heavy atom. The number of nitrogen functional groups attached to an aromatic ring is 1. The van der Waals surface area contributed by atoms with Gasteiger partial charge in [0.1, 0.15) is 10.7 Å². The van der Waals surface area contributed by atoms with E-state index in [1.54, 1.807) is 19.2 Å². The normalized spacial score (nSPS) is 14.8. The Balaban J connectivity index is 1.69. The predicted octanol–water partition coefficient (Wildman–Crippen LogP) is 3.16. The number of carbonyl (C=O) groups excluding carboxylic acids is 2. The molecule has 0 atom stereocenters. The minimum atomic E-state index is -3.84. The van der Waals surface area contributed by atoms with Crippen LogP contribution in [-0.4, -0.2) is 44.3 Å². The van der Waals surface area contributed by atoms with Gasteiger partial charge in [0.15, 0.2) is 6.61 Å². The number of nitrogens with zero attached hydrogens (tertiary/aromatic N) is 1. The molecule has 3 N–H and O–H groups in total. The van der Waals surface area contributed by atoms with Crippen LogP contribution in [0.25, 0.3) is 0 Å². The Morgan fingerprint density at radius 1 is 1.16 bits per heavy atom. The summed E-state index contributed by atoms with van der Waals surface area (Å²) < 4.78 is 45.8. The van der Waals surface area contributed by atoms with Gasteiger partial charge in [-0.1, -0.05) is 31.4 Å². The smallest absolute Gasteiger partial charge is 0.340 e. The number of anilines is 2. The molecule has 0 bridgehead atoms. The molecule has 1 fully saturated rings. The van der Waals surface area contributed by atoms with Crippen LogP contribution in [0.3, 0.4) is 0 Å². The van der Waals surface area contributed by atoms with Gasteiger partial charge in [-0.3, -0.25) is 4.79 Å². The molecule has 0 radical (unpaired) electrons. The first-order chi connectivity index (χ1) is 15.2. The molecule has 0 heterocycles. The van der Waals surface area contributed by atoms with Gasteiger partial charge < -0.3 is 15.8 Å². The molecule has 0 aliphatic heterocycles. The molecule has 3 rings (SSSR count). The summed E-state index contributed by atoms with van der Waals surface area (Å²) >= 11 is 0. The van der Waals surface area contributed by atoms with Gasteiger partial charge >= 0.3 is 5.97 Å². The fourth-order valence-electron chi connectivity index (χ4n) is 3.71. The van der Waals surface area contributed by atoms with E-state index in [2.05, 4.69) is 5.32 Å². The summed E-state index contributed by atoms with van der Waals surface area (Å²) in [6, 6.07) is 9.18. The quantitative estimate of drug-likeness (QED) is 0.481. The molecule has 32 heavy (non-hydrogen) atoms. The Hall–Kier alpha value is -2.98. The van der Waals surface area contributed by atoms with Crippen LogP contribution in [0.5, 0.6) is 0 Å². The van der Waals surface area contributed by atoms with E-state index in [1.807, 2.05) is 0 Å². The van der Waals surface area contributed by atoms with E-state index >= 15 is 0 Å². The minimum Gasteiger partial charge on any atom is -0.452 e. The molecule has 1 saturated carbocycles. The van der Waals surface area contributed by atoms with Gasteiger partial charge in [0, 0.05) is 18.8 Å². The lowest BCUT2D eigenvalue weighted by molar-refractivity contribution is -0.119. The number of sulfonamides is 1. The minimum absolute atomic E-state index is 0.0319. The van der Waals surface area contributed by atoms with E-state index < -0.39 is 34.3 Å². The van der Waals surface area contributed by atoms with Crippen molar-refractivity contribution in [3.05, 3.63) is 53.8 Å². The van der Waals surface area contributed by atoms with Gasteiger partial charge in [-0.2, -0.15) is 4.31 Å². The fourth-order valence-corrected chi connectivity index (χ4v) is 5.27. The van der Waals surface area contributed by atoms with Gasteiger partial charge in [-0.05, 0) is 43.2 Å². The van der Waals surface area contributed by atoms with Gasteiger partial charge in [-0.25, -0.2) is 17.6 Å². The van der Waals surface area contributed by atoms with Gasteiger partial charge in [0.25, 0.3) is 5.91 Å². The standard InChI is InChI=1S/C22H26FN3O5S/c1-26(16-7-3-2-4-8-16)32(29,30)20-10-6-5-9-19(20)25-21(27)14-31-22(28)17-12-11-15(23)13-18(17)24/h5-6,9-13,16H,2-4,7-8,14,24H2,1H3,(H,25,27). The number of hydrogen-bond acceptors (Lipinski definition) is 6. The first-order valence-electron chi connectivity index (χ1n) is 10.3. The first kappa shape index (κ1) is 23.7. The summed E-state index contributed by atoms with van der Waals surface area (Å²) in [6.07, 6.45) is 4.65. The summed E-state index contributed by atoms with van der Waals surface area (Å²) in [7, 11) is -2.29.